The van der Waals surface area contributed by atoms with Gasteiger partial charge >= 0.3 is 0 Å². The maximum atomic E-state index is 9.14. The second-order valence-corrected chi connectivity index (χ2v) is 4.65. The number of aliphatic hydroxyl groups is 1. The van der Waals surface area contributed by atoms with Crippen molar-refractivity contribution in [3.8, 4) is 0 Å². The van der Waals surface area contributed by atoms with Gasteiger partial charge in [0.15, 0.2) is 5.82 Å². The zero-order chi connectivity index (χ0) is 11.1. The molecule has 0 unspecified atom stereocenters. The molecule has 0 aliphatic heterocycles. The molecular formula is C11H15N3O. The summed E-state index contributed by atoms with van der Waals surface area (Å²) in [6.07, 6.45) is 1.78. The number of aliphatic hydroxyl groups excluding tert-OH is 1. The van der Waals surface area contributed by atoms with Crippen molar-refractivity contribution >= 4 is 5.52 Å². The lowest BCUT2D eigenvalue weighted by Crippen LogP contribution is -2.18. The van der Waals surface area contributed by atoms with Crippen LogP contribution in [0.15, 0.2) is 18.3 Å². The first-order valence-electron chi connectivity index (χ1n) is 4.97. The van der Waals surface area contributed by atoms with Crippen molar-refractivity contribution in [3.05, 3.63) is 29.8 Å². The van der Waals surface area contributed by atoms with Crippen LogP contribution in [0.4, 0.5) is 0 Å². The Morgan fingerprint density at radius 1 is 1.33 bits per heavy atom. The van der Waals surface area contributed by atoms with Crippen molar-refractivity contribution in [2.24, 2.45) is 0 Å². The Kier molecular flexibility index (Phi) is 2.23. The largest absolute Gasteiger partial charge is 0.390 e. The predicted octanol–water partition coefficient (Wildman–Crippen LogP) is 1.52. The molecule has 0 aliphatic carbocycles. The molecule has 0 amide bonds. The van der Waals surface area contributed by atoms with E-state index in [1.807, 2.05) is 12.1 Å². The van der Waals surface area contributed by atoms with Gasteiger partial charge < -0.3 is 5.11 Å². The van der Waals surface area contributed by atoms with Gasteiger partial charge in [-0.1, -0.05) is 20.8 Å². The molecule has 0 saturated carbocycles. The summed E-state index contributed by atoms with van der Waals surface area (Å²) in [6, 6.07) is 3.76. The van der Waals surface area contributed by atoms with Crippen LogP contribution in [-0.2, 0) is 12.0 Å². The van der Waals surface area contributed by atoms with Crippen LogP contribution in [0, 0.1) is 0 Å². The summed E-state index contributed by atoms with van der Waals surface area (Å²) in [7, 11) is 0. The lowest BCUT2D eigenvalue weighted by Gasteiger charge is -2.16. The Labute approximate surface area is 88.6 Å². The molecule has 2 heterocycles. The van der Waals surface area contributed by atoms with Gasteiger partial charge in [0.1, 0.15) is 0 Å². The highest BCUT2D eigenvalue weighted by Crippen LogP contribution is 2.18. The maximum absolute atomic E-state index is 9.14. The van der Waals surface area contributed by atoms with Gasteiger partial charge in [0.05, 0.1) is 24.0 Å². The lowest BCUT2D eigenvalue weighted by atomic mass is 9.96. The van der Waals surface area contributed by atoms with Crippen molar-refractivity contribution in [1.82, 2.24) is 14.6 Å². The molecule has 80 valence electrons. The molecule has 0 spiro atoms. The highest BCUT2D eigenvalue weighted by molar-refractivity contribution is 5.46. The molecule has 1 N–H and O–H groups in total. The molecule has 0 fully saturated rings. The van der Waals surface area contributed by atoms with E-state index >= 15 is 0 Å². The smallest absolute Gasteiger partial charge is 0.154 e. The highest BCUT2D eigenvalue weighted by Gasteiger charge is 2.18. The van der Waals surface area contributed by atoms with Crippen LogP contribution in [0.5, 0.6) is 0 Å². The monoisotopic (exact) mass is 205 g/mol. The van der Waals surface area contributed by atoms with E-state index in [4.69, 9.17) is 5.11 Å². The third-order valence-corrected chi connectivity index (χ3v) is 2.31. The Morgan fingerprint density at radius 3 is 2.67 bits per heavy atom. The third kappa shape index (κ3) is 1.72. The topological polar surface area (TPSA) is 50.4 Å². The fraction of sp³-hybridized carbons (Fsp3) is 0.455. The van der Waals surface area contributed by atoms with E-state index in [0.29, 0.717) is 0 Å². The average Bonchev–Trinajstić information content (AvgIpc) is 2.57. The zero-order valence-electron chi connectivity index (χ0n) is 9.23. The molecule has 0 radical (unpaired) electrons. The maximum Gasteiger partial charge on any atom is 0.154 e. The molecule has 0 saturated heterocycles. The number of rotatable bonds is 1. The van der Waals surface area contributed by atoms with Crippen LogP contribution in [0.2, 0.25) is 0 Å². The quantitative estimate of drug-likeness (QED) is 0.768. The van der Waals surface area contributed by atoms with Crippen molar-refractivity contribution in [3.63, 3.8) is 0 Å². The van der Waals surface area contributed by atoms with E-state index < -0.39 is 0 Å². The fourth-order valence-electron chi connectivity index (χ4n) is 1.42. The Hall–Kier alpha value is -1.42. The summed E-state index contributed by atoms with van der Waals surface area (Å²) in [6.45, 7) is 6.19. The van der Waals surface area contributed by atoms with Gasteiger partial charge in [-0.2, -0.15) is 5.10 Å². The molecular weight excluding hydrogens is 190 g/mol. The molecule has 0 aromatic carbocycles. The van der Waals surface area contributed by atoms with E-state index in [1.165, 1.54) is 0 Å². The molecule has 0 aliphatic rings. The van der Waals surface area contributed by atoms with Gasteiger partial charge in [0.25, 0.3) is 0 Å². The average molecular weight is 205 g/mol. The van der Waals surface area contributed by atoms with E-state index in [1.54, 1.807) is 10.7 Å². The Balaban J connectivity index is 2.63. The minimum absolute atomic E-state index is 0.00520. The van der Waals surface area contributed by atoms with E-state index in [0.717, 1.165) is 17.0 Å². The number of hydrogen-bond acceptors (Lipinski definition) is 3. The van der Waals surface area contributed by atoms with Crippen LogP contribution >= 0.6 is 0 Å². The van der Waals surface area contributed by atoms with Crippen molar-refractivity contribution < 1.29 is 5.11 Å². The summed E-state index contributed by atoms with van der Waals surface area (Å²) in [4.78, 5) is 4.31. The number of aromatic nitrogens is 3. The van der Waals surface area contributed by atoms with Crippen LogP contribution in [0.1, 0.15) is 32.3 Å². The second kappa shape index (κ2) is 3.31. The minimum atomic E-state index is -0.0782. The van der Waals surface area contributed by atoms with Crippen LogP contribution < -0.4 is 0 Å². The summed E-state index contributed by atoms with van der Waals surface area (Å²) < 4.78 is 1.74. The van der Waals surface area contributed by atoms with E-state index in [9.17, 15) is 0 Å². The van der Waals surface area contributed by atoms with Gasteiger partial charge in [0, 0.05) is 5.41 Å². The first-order valence-corrected chi connectivity index (χ1v) is 4.97. The zero-order valence-corrected chi connectivity index (χ0v) is 9.23. The summed E-state index contributed by atoms with van der Waals surface area (Å²) in [5.74, 6) is 0.779. The molecule has 15 heavy (non-hydrogen) atoms. The van der Waals surface area contributed by atoms with Crippen molar-refractivity contribution in [2.45, 2.75) is 32.8 Å². The fourth-order valence-corrected chi connectivity index (χ4v) is 1.42. The van der Waals surface area contributed by atoms with Gasteiger partial charge in [-0.15, -0.1) is 0 Å². The second-order valence-electron chi connectivity index (χ2n) is 4.65. The van der Waals surface area contributed by atoms with Crippen LogP contribution in [0.3, 0.4) is 0 Å². The number of fused-ring (bicyclic) bond motifs is 1. The molecule has 4 nitrogen and oxygen atoms in total. The standard InChI is InChI=1S/C11H15N3O/c1-11(2,3)10-12-6-8-4-5-9(7-15)14(8)13-10/h4-6,15H,7H2,1-3H3. The number of nitrogens with zero attached hydrogens (tertiary/aromatic N) is 3. The van der Waals surface area contributed by atoms with Gasteiger partial charge in [-0.05, 0) is 12.1 Å². The molecule has 2 rings (SSSR count). The van der Waals surface area contributed by atoms with E-state index in [-0.39, 0.29) is 12.0 Å². The van der Waals surface area contributed by atoms with Gasteiger partial charge in [-0.3, -0.25) is 0 Å². The third-order valence-electron chi connectivity index (χ3n) is 2.31. The molecule has 0 bridgehead atoms. The lowest BCUT2D eigenvalue weighted by molar-refractivity contribution is 0.273. The van der Waals surface area contributed by atoms with Gasteiger partial charge in [-0.25, -0.2) is 9.50 Å². The summed E-state index contributed by atoms with van der Waals surface area (Å²) in [5, 5.41) is 13.6. The molecule has 2 aromatic rings. The Bertz CT molecular complexity index is 482. The normalized spacial score (nSPS) is 12.3. The predicted molar refractivity (Wildman–Crippen MR) is 57.6 cm³/mol. The van der Waals surface area contributed by atoms with Gasteiger partial charge in [0.2, 0.25) is 0 Å². The van der Waals surface area contributed by atoms with Crippen LogP contribution in [0.25, 0.3) is 5.52 Å². The van der Waals surface area contributed by atoms with Crippen molar-refractivity contribution in [2.75, 3.05) is 0 Å². The first kappa shape index (κ1) is 10.1. The summed E-state index contributed by atoms with van der Waals surface area (Å²) >= 11 is 0. The van der Waals surface area contributed by atoms with E-state index in [2.05, 4.69) is 30.9 Å². The van der Waals surface area contributed by atoms with Crippen molar-refractivity contribution in [1.29, 1.82) is 0 Å². The molecule has 4 heteroatoms. The SMILES string of the molecule is CC(C)(C)c1ncc2ccc(CO)n2n1. The Morgan fingerprint density at radius 2 is 2.07 bits per heavy atom. The summed E-state index contributed by atoms with van der Waals surface area (Å²) in [5.41, 5.74) is 1.62. The highest BCUT2D eigenvalue weighted by atomic mass is 16.3. The number of hydrogen-bond donors (Lipinski definition) is 1. The molecule has 0 atom stereocenters. The van der Waals surface area contributed by atoms with Crippen LogP contribution in [-0.4, -0.2) is 19.7 Å². The molecule has 2 aromatic heterocycles. The minimum Gasteiger partial charge on any atom is -0.390 e. The first-order chi connectivity index (χ1) is 7.02.